The van der Waals surface area contributed by atoms with E-state index in [0.29, 0.717) is 4.90 Å². The van der Waals surface area contributed by atoms with Crippen molar-refractivity contribution in [1.82, 2.24) is 4.57 Å². The molecule has 0 bridgehead atoms. The summed E-state index contributed by atoms with van der Waals surface area (Å²) < 4.78 is 39.8. The third-order valence-corrected chi connectivity index (χ3v) is 5.00. The van der Waals surface area contributed by atoms with Crippen LogP contribution in [0.25, 0.3) is 10.9 Å². The number of nitrogens with one attached hydrogen (secondary N) is 1. The topological polar surface area (TPSA) is 51.1 Å². The second-order valence-electron chi connectivity index (χ2n) is 5.84. The number of thioether (sulfide) groups is 1. The Morgan fingerprint density at radius 1 is 1.11 bits per heavy atom. The van der Waals surface area contributed by atoms with Gasteiger partial charge in [0.2, 0.25) is 5.91 Å². The van der Waals surface area contributed by atoms with Gasteiger partial charge in [0.1, 0.15) is 0 Å². The standard InChI is InChI=1S/C19H15F3N2O2S/c1-24-15-8-3-2-7-14(15)16(10-18(24)26)27-11-17(25)23-13-6-4-5-12(9-13)19(20,21)22/h2-10H,11H2,1H3,(H,23,25). The molecule has 0 aliphatic rings. The molecule has 0 unspecified atom stereocenters. The number of amides is 1. The molecule has 3 aromatic rings. The van der Waals surface area contributed by atoms with Crippen molar-refractivity contribution < 1.29 is 18.0 Å². The summed E-state index contributed by atoms with van der Waals surface area (Å²) in [6, 6.07) is 13.2. The SMILES string of the molecule is Cn1c(=O)cc(SCC(=O)Nc2cccc(C(F)(F)F)c2)c2ccccc21. The zero-order valence-electron chi connectivity index (χ0n) is 14.2. The summed E-state index contributed by atoms with van der Waals surface area (Å²) in [5.74, 6) is -0.489. The number of carbonyl (C=O) groups is 1. The van der Waals surface area contributed by atoms with E-state index in [0.717, 1.165) is 34.8 Å². The van der Waals surface area contributed by atoms with Crippen molar-refractivity contribution in [3.8, 4) is 0 Å². The highest BCUT2D eigenvalue weighted by Gasteiger charge is 2.30. The van der Waals surface area contributed by atoms with E-state index < -0.39 is 17.6 Å². The number of benzene rings is 2. The van der Waals surface area contributed by atoms with E-state index in [9.17, 15) is 22.8 Å². The highest BCUT2D eigenvalue weighted by molar-refractivity contribution is 8.00. The molecule has 0 aliphatic carbocycles. The Kier molecular flexibility index (Phi) is 5.27. The van der Waals surface area contributed by atoms with E-state index >= 15 is 0 Å². The van der Waals surface area contributed by atoms with Crippen molar-refractivity contribution in [3.05, 3.63) is 70.5 Å². The van der Waals surface area contributed by atoms with E-state index in [2.05, 4.69) is 5.32 Å². The van der Waals surface area contributed by atoms with E-state index in [1.807, 2.05) is 24.3 Å². The van der Waals surface area contributed by atoms with Gasteiger partial charge in [0, 0.05) is 29.1 Å². The Morgan fingerprint density at radius 3 is 2.59 bits per heavy atom. The predicted molar refractivity (Wildman–Crippen MR) is 100.0 cm³/mol. The van der Waals surface area contributed by atoms with Crippen LogP contribution in [-0.4, -0.2) is 16.2 Å². The molecule has 3 rings (SSSR count). The number of fused-ring (bicyclic) bond motifs is 1. The van der Waals surface area contributed by atoms with Crippen molar-refractivity contribution in [2.75, 3.05) is 11.1 Å². The number of hydrogen-bond donors (Lipinski definition) is 1. The average Bonchev–Trinajstić information content (AvgIpc) is 2.63. The first kappa shape index (κ1) is 19.0. The number of hydrogen-bond acceptors (Lipinski definition) is 3. The largest absolute Gasteiger partial charge is 0.416 e. The summed E-state index contributed by atoms with van der Waals surface area (Å²) in [4.78, 5) is 24.8. The van der Waals surface area contributed by atoms with Gasteiger partial charge >= 0.3 is 6.18 Å². The molecule has 0 saturated carbocycles. The van der Waals surface area contributed by atoms with Crippen LogP contribution in [0.1, 0.15) is 5.56 Å². The molecule has 1 N–H and O–H groups in total. The van der Waals surface area contributed by atoms with Gasteiger partial charge in [-0.3, -0.25) is 9.59 Å². The summed E-state index contributed by atoms with van der Waals surface area (Å²) >= 11 is 1.16. The van der Waals surface area contributed by atoms with E-state index in [4.69, 9.17) is 0 Å². The number of nitrogens with zero attached hydrogens (tertiary/aromatic N) is 1. The van der Waals surface area contributed by atoms with Crippen molar-refractivity contribution in [2.45, 2.75) is 11.1 Å². The summed E-state index contributed by atoms with van der Waals surface area (Å²) in [6.07, 6.45) is -4.47. The summed E-state index contributed by atoms with van der Waals surface area (Å²) in [6.45, 7) is 0. The molecule has 0 atom stereocenters. The van der Waals surface area contributed by atoms with Gasteiger partial charge in [-0.25, -0.2) is 0 Å². The van der Waals surface area contributed by atoms with Crippen LogP contribution >= 0.6 is 11.8 Å². The van der Waals surface area contributed by atoms with Crippen molar-refractivity contribution in [3.63, 3.8) is 0 Å². The average molecular weight is 392 g/mol. The number of pyridine rings is 1. The molecule has 27 heavy (non-hydrogen) atoms. The molecule has 0 radical (unpaired) electrons. The Balaban J connectivity index is 1.75. The van der Waals surface area contributed by atoms with E-state index in [-0.39, 0.29) is 17.0 Å². The minimum atomic E-state index is -4.47. The molecule has 8 heteroatoms. The van der Waals surface area contributed by atoms with E-state index in [1.54, 1.807) is 7.05 Å². The zero-order valence-corrected chi connectivity index (χ0v) is 15.0. The third kappa shape index (κ3) is 4.33. The molecule has 4 nitrogen and oxygen atoms in total. The fourth-order valence-electron chi connectivity index (χ4n) is 2.61. The van der Waals surface area contributed by atoms with Gasteiger partial charge in [-0.05, 0) is 24.3 Å². The third-order valence-electron chi connectivity index (χ3n) is 3.95. The maximum Gasteiger partial charge on any atom is 0.416 e. The molecule has 140 valence electrons. The number of halogens is 3. The van der Waals surface area contributed by atoms with Crippen molar-refractivity contribution in [2.24, 2.45) is 7.05 Å². The first-order chi connectivity index (χ1) is 12.8. The van der Waals surface area contributed by atoms with Gasteiger partial charge in [0.05, 0.1) is 16.8 Å². The maximum absolute atomic E-state index is 12.7. The minimum Gasteiger partial charge on any atom is -0.325 e. The molecule has 1 amide bonds. The molecule has 0 saturated heterocycles. The zero-order chi connectivity index (χ0) is 19.6. The first-order valence-corrected chi connectivity index (χ1v) is 8.93. The van der Waals surface area contributed by atoms with Crippen LogP contribution in [0, 0.1) is 0 Å². The van der Waals surface area contributed by atoms with Crippen LogP contribution < -0.4 is 10.9 Å². The lowest BCUT2D eigenvalue weighted by Gasteiger charge is -2.11. The Morgan fingerprint density at radius 2 is 1.85 bits per heavy atom. The lowest BCUT2D eigenvalue weighted by molar-refractivity contribution is -0.137. The summed E-state index contributed by atoms with van der Waals surface area (Å²) in [5, 5.41) is 3.29. The van der Waals surface area contributed by atoms with Gasteiger partial charge in [-0.15, -0.1) is 11.8 Å². The Hall–Kier alpha value is -2.74. The second-order valence-corrected chi connectivity index (χ2v) is 6.86. The van der Waals surface area contributed by atoms with Crippen LogP contribution in [0.15, 0.2) is 64.3 Å². The van der Waals surface area contributed by atoms with Crippen LogP contribution in [0.4, 0.5) is 18.9 Å². The fraction of sp³-hybridized carbons (Fsp3) is 0.158. The van der Waals surface area contributed by atoms with Gasteiger partial charge in [-0.2, -0.15) is 13.2 Å². The van der Waals surface area contributed by atoms with Gasteiger partial charge in [-0.1, -0.05) is 24.3 Å². The van der Waals surface area contributed by atoms with E-state index in [1.165, 1.54) is 22.8 Å². The van der Waals surface area contributed by atoms with Crippen LogP contribution in [0.2, 0.25) is 0 Å². The van der Waals surface area contributed by atoms with Crippen LogP contribution in [-0.2, 0) is 18.0 Å². The number of anilines is 1. The second kappa shape index (κ2) is 7.48. The van der Waals surface area contributed by atoms with Gasteiger partial charge in [0.15, 0.2) is 0 Å². The highest BCUT2D eigenvalue weighted by Crippen LogP contribution is 2.31. The monoisotopic (exact) mass is 392 g/mol. The molecule has 1 heterocycles. The molecule has 1 aromatic heterocycles. The molecular formula is C19H15F3N2O2S. The quantitative estimate of drug-likeness (QED) is 0.674. The van der Waals surface area contributed by atoms with Gasteiger partial charge < -0.3 is 9.88 Å². The lowest BCUT2D eigenvalue weighted by atomic mass is 10.2. The maximum atomic E-state index is 12.7. The fourth-order valence-corrected chi connectivity index (χ4v) is 3.48. The molecule has 0 aliphatic heterocycles. The molecule has 0 fully saturated rings. The summed E-state index contributed by atoms with van der Waals surface area (Å²) in [7, 11) is 1.67. The highest BCUT2D eigenvalue weighted by atomic mass is 32.2. The Bertz CT molecular complexity index is 1060. The van der Waals surface area contributed by atoms with Crippen LogP contribution in [0.3, 0.4) is 0 Å². The molecule has 0 spiro atoms. The predicted octanol–water partition coefficient (Wildman–Crippen LogP) is 4.29. The smallest absolute Gasteiger partial charge is 0.325 e. The lowest BCUT2D eigenvalue weighted by Crippen LogP contribution is -2.17. The molecule has 2 aromatic carbocycles. The number of alkyl halides is 3. The van der Waals surface area contributed by atoms with Gasteiger partial charge in [0.25, 0.3) is 5.56 Å². The van der Waals surface area contributed by atoms with Crippen LogP contribution in [0.5, 0.6) is 0 Å². The van der Waals surface area contributed by atoms with Crippen molar-refractivity contribution in [1.29, 1.82) is 0 Å². The molecular weight excluding hydrogens is 377 g/mol. The number of carbonyl (C=O) groups excluding carboxylic acids is 1. The normalized spacial score (nSPS) is 11.6. The van der Waals surface area contributed by atoms with Crippen molar-refractivity contribution >= 4 is 34.3 Å². The number of aromatic nitrogens is 1. The minimum absolute atomic E-state index is 0.0343. The number of rotatable bonds is 4. The number of aryl methyl sites for hydroxylation is 1. The Labute approximate surface area is 157 Å². The first-order valence-electron chi connectivity index (χ1n) is 7.94. The summed E-state index contributed by atoms with van der Waals surface area (Å²) in [5.41, 5.74) is -0.213. The number of para-hydroxylation sites is 1.